The Labute approximate surface area is 119 Å². The molecule has 1 aromatic heterocycles. The first-order valence-electron chi connectivity index (χ1n) is 6.75. The molecule has 2 aromatic carbocycles. The van der Waals surface area contributed by atoms with Crippen LogP contribution in [0.5, 0.6) is 0 Å². The zero-order valence-corrected chi connectivity index (χ0v) is 11.7. The predicted octanol–water partition coefficient (Wildman–Crippen LogP) is 4.67. The van der Waals surface area contributed by atoms with Gasteiger partial charge in [-0.25, -0.2) is 0 Å². The first kappa shape index (κ1) is 12.7. The molecule has 0 aliphatic heterocycles. The van der Waals surface area contributed by atoms with E-state index >= 15 is 0 Å². The smallest absolute Gasteiger partial charge is 0.124 e. The van der Waals surface area contributed by atoms with Crippen LogP contribution in [0.4, 0.5) is 0 Å². The molecule has 0 fully saturated rings. The van der Waals surface area contributed by atoms with Crippen LogP contribution in [0.2, 0.25) is 0 Å². The van der Waals surface area contributed by atoms with E-state index < -0.39 is 0 Å². The van der Waals surface area contributed by atoms with Crippen molar-refractivity contribution in [2.75, 3.05) is 0 Å². The summed E-state index contributed by atoms with van der Waals surface area (Å²) in [6, 6.07) is 21.0. The van der Waals surface area contributed by atoms with Gasteiger partial charge in [0, 0.05) is 11.5 Å². The van der Waals surface area contributed by atoms with Gasteiger partial charge in [-0.1, -0.05) is 73.6 Å². The predicted molar refractivity (Wildman–Crippen MR) is 80.5 cm³/mol. The molecular weight excluding hydrogens is 246 g/mol. The van der Waals surface area contributed by atoms with Crippen molar-refractivity contribution in [2.45, 2.75) is 19.3 Å². The van der Waals surface area contributed by atoms with Gasteiger partial charge >= 0.3 is 0 Å². The molecule has 0 aliphatic carbocycles. The highest BCUT2D eigenvalue weighted by Crippen LogP contribution is 2.31. The lowest BCUT2D eigenvalue weighted by molar-refractivity contribution is 0.398. The summed E-state index contributed by atoms with van der Waals surface area (Å²) in [5.74, 6) is 0. The molecule has 0 atom stereocenters. The third-order valence-electron chi connectivity index (χ3n) is 3.79. The fourth-order valence-corrected chi connectivity index (χ4v) is 2.39. The summed E-state index contributed by atoms with van der Waals surface area (Å²) in [6.45, 7) is 4.31. The average molecular weight is 263 g/mol. The molecule has 2 nitrogen and oxygen atoms in total. The fourth-order valence-electron chi connectivity index (χ4n) is 2.39. The summed E-state index contributed by atoms with van der Waals surface area (Å²) in [6.07, 6.45) is 1.62. The van der Waals surface area contributed by atoms with Crippen molar-refractivity contribution in [3.8, 4) is 11.1 Å². The lowest BCUT2D eigenvalue weighted by Gasteiger charge is -2.22. The lowest BCUT2D eigenvalue weighted by Crippen LogP contribution is -2.19. The number of benzene rings is 2. The van der Waals surface area contributed by atoms with Crippen LogP contribution in [-0.4, -0.2) is 5.16 Å². The van der Waals surface area contributed by atoms with Crippen molar-refractivity contribution >= 4 is 0 Å². The van der Waals surface area contributed by atoms with Gasteiger partial charge in [-0.2, -0.15) is 0 Å². The molecule has 0 aliphatic rings. The van der Waals surface area contributed by atoms with Crippen LogP contribution < -0.4 is 0 Å². The molecule has 0 N–H and O–H groups in total. The zero-order valence-electron chi connectivity index (χ0n) is 11.7. The highest BCUT2D eigenvalue weighted by atomic mass is 16.5. The van der Waals surface area contributed by atoms with Gasteiger partial charge in [0.2, 0.25) is 0 Å². The van der Waals surface area contributed by atoms with E-state index in [4.69, 9.17) is 4.52 Å². The van der Waals surface area contributed by atoms with Crippen LogP contribution in [0.25, 0.3) is 11.1 Å². The number of hydrogen-bond acceptors (Lipinski definition) is 2. The van der Waals surface area contributed by atoms with E-state index in [9.17, 15) is 0 Å². The molecule has 0 saturated carbocycles. The zero-order chi connectivity index (χ0) is 14.0. The van der Waals surface area contributed by atoms with E-state index in [1.165, 1.54) is 16.7 Å². The number of aromatic nitrogens is 1. The second-order valence-electron chi connectivity index (χ2n) is 5.45. The Kier molecular flexibility index (Phi) is 3.15. The third-order valence-corrected chi connectivity index (χ3v) is 3.79. The molecule has 0 amide bonds. The van der Waals surface area contributed by atoms with Gasteiger partial charge in [0.15, 0.2) is 0 Å². The monoisotopic (exact) mass is 263 g/mol. The summed E-state index contributed by atoms with van der Waals surface area (Å²) in [7, 11) is 0. The molecule has 0 spiro atoms. The highest BCUT2D eigenvalue weighted by Gasteiger charge is 2.25. The van der Waals surface area contributed by atoms with Gasteiger partial charge in [0.1, 0.15) is 6.26 Å². The van der Waals surface area contributed by atoms with Crippen molar-refractivity contribution in [1.82, 2.24) is 5.16 Å². The van der Waals surface area contributed by atoms with Crippen molar-refractivity contribution < 1.29 is 4.52 Å². The third kappa shape index (κ3) is 2.25. The molecule has 2 heteroatoms. The topological polar surface area (TPSA) is 26.0 Å². The molecule has 0 radical (unpaired) electrons. The van der Waals surface area contributed by atoms with Crippen molar-refractivity contribution in [1.29, 1.82) is 0 Å². The van der Waals surface area contributed by atoms with E-state index in [1.807, 2.05) is 12.1 Å². The molecular formula is C18H17NO. The molecule has 20 heavy (non-hydrogen) atoms. The van der Waals surface area contributed by atoms with E-state index in [0.717, 1.165) is 5.69 Å². The van der Waals surface area contributed by atoms with Crippen LogP contribution in [0, 0.1) is 0 Å². The van der Waals surface area contributed by atoms with E-state index in [0.29, 0.717) is 0 Å². The summed E-state index contributed by atoms with van der Waals surface area (Å²) >= 11 is 0. The number of nitrogens with zero attached hydrogens (tertiary/aromatic N) is 1. The Morgan fingerprint density at radius 1 is 0.800 bits per heavy atom. The fraction of sp³-hybridized carbons (Fsp3) is 0.167. The lowest BCUT2D eigenvalue weighted by atomic mass is 9.81. The van der Waals surface area contributed by atoms with Gasteiger partial charge in [0.25, 0.3) is 0 Å². The molecule has 0 unspecified atom stereocenters. The second kappa shape index (κ2) is 4.97. The molecule has 3 aromatic rings. The van der Waals surface area contributed by atoms with Crippen molar-refractivity contribution in [3.63, 3.8) is 0 Å². The van der Waals surface area contributed by atoms with E-state index in [1.54, 1.807) is 6.26 Å². The van der Waals surface area contributed by atoms with Crippen molar-refractivity contribution in [3.05, 3.63) is 78.2 Å². The highest BCUT2D eigenvalue weighted by molar-refractivity contribution is 5.63. The van der Waals surface area contributed by atoms with Gasteiger partial charge in [0.05, 0.1) is 5.69 Å². The van der Waals surface area contributed by atoms with E-state index in [2.05, 4.69) is 67.5 Å². The standard InChI is InChI=1S/C18H17NO/c1-18(2,17-12-13-20-19-17)16-10-8-15(9-11-16)14-6-4-3-5-7-14/h3-13H,1-2H3. The van der Waals surface area contributed by atoms with Gasteiger partial charge in [-0.05, 0) is 16.7 Å². The number of hydrogen-bond donors (Lipinski definition) is 0. The van der Waals surface area contributed by atoms with Crippen LogP contribution in [-0.2, 0) is 5.41 Å². The summed E-state index contributed by atoms with van der Waals surface area (Å²) in [4.78, 5) is 0. The van der Waals surface area contributed by atoms with Crippen LogP contribution >= 0.6 is 0 Å². The van der Waals surface area contributed by atoms with Gasteiger partial charge < -0.3 is 4.52 Å². The largest absolute Gasteiger partial charge is 0.364 e. The maximum absolute atomic E-state index is 4.97. The van der Waals surface area contributed by atoms with Gasteiger partial charge in [-0.3, -0.25) is 0 Å². The number of rotatable bonds is 3. The summed E-state index contributed by atoms with van der Waals surface area (Å²) < 4.78 is 4.97. The maximum atomic E-state index is 4.97. The Morgan fingerprint density at radius 3 is 2.05 bits per heavy atom. The minimum absolute atomic E-state index is 0.151. The Hall–Kier alpha value is -2.35. The molecule has 3 rings (SSSR count). The molecule has 0 bridgehead atoms. The Bertz CT molecular complexity index is 667. The summed E-state index contributed by atoms with van der Waals surface area (Å²) in [5.41, 5.74) is 4.49. The van der Waals surface area contributed by atoms with Crippen molar-refractivity contribution in [2.24, 2.45) is 0 Å². The minimum atomic E-state index is -0.151. The van der Waals surface area contributed by atoms with Gasteiger partial charge in [-0.15, -0.1) is 0 Å². The first-order chi connectivity index (χ1) is 9.68. The first-order valence-corrected chi connectivity index (χ1v) is 6.75. The Morgan fingerprint density at radius 2 is 1.45 bits per heavy atom. The molecule has 1 heterocycles. The summed E-state index contributed by atoms with van der Waals surface area (Å²) in [5, 5.41) is 4.07. The minimum Gasteiger partial charge on any atom is -0.364 e. The quantitative estimate of drug-likeness (QED) is 0.686. The molecule has 0 saturated heterocycles. The SMILES string of the molecule is CC(C)(c1ccc(-c2ccccc2)cc1)c1ccon1. The maximum Gasteiger partial charge on any atom is 0.124 e. The second-order valence-corrected chi connectivity index (χ2v) is 5.45. The average Bonchev–Trinajstić information content (AvgIpc) is 3.03. The van der Waals surface area contributed by atoms with Crippen LogP contribution in [0.3, 0.4) is 0 Å². The molecule has 100 valence electrons. The van der Waals surface area contributed by atoms with E-state index in [-0.39, 0.29) is 5.41 Å². The normalized spacial score (nSPS) is 11.5. The van der Waals surface area contributed by atoms with Crippen LogP contribution in [0.15, 0.2) is 71.4 Å². The van der Waals surface area contributed by atoms with Crippen LogP contribution in [0.1, 0.15) is 25.1 Å². The Balaban J connectivity index is 1.94.